The van der Waals surface area contributed by atoms with Gasteiger partial charge < -0.3 is 19.5 Å². The molecule has 7 heteroatoms. The summed E-state index contributed by atoms with van der Waals surface area (Å²) in [6, 6.07) is 11.9. The minimum atomic E-state index is -0.266. The average Bonchev–Trinajstić information content (AvgIpc) is 3.04. The third-order valence-electron chi connectivity index (χ3n) is 5.64. The van der Waals surface area contributed by atoms with Gasteiger partial charge in [-0.1, -0.05) is 0 Å². The van der Waals surface area contributed by atoms with Crippen molar-refractivity contribution < 1.29 is 14.3 Å². The summed E-state index contributed by atoms with van der Waals surface area (Å²) >= 11 is 0. The molecule has 1 aliphatic heterocycles. The molecule has 7 nitrogen and oxygen atoms in total. The molecular formula is C24H28N4O3. The fourth-order valence-corrected chi connectivity index (χ4v) is 4.04. The van der Waals surface area contributed by atoms with Gasteiger partial charge >= 0.3 is 0 Å². The first-order valence-electron chi connectivity index (χ1n) is 10.4. The molecule has 2 heterocycles. The van der Waals surface area contributed by atoms with Crippen LogP contribution in [0.4, 0.5) is 0 Å². The molecule has 3 rings (SSSR count). The van der Waals surface area contributed by atoms with E-state index in [0.29, 0.717) is 25.9 Å². The molecule has 162 valence electrons. The van der Waals surface area contributed by atoms with Crippen molar-refractivity contribution in [2.24, 2.45) is 0 Å². The molecule has 1 aromatic carbocycles. The van der Waals surface area contributed by atoms with Gasteiger partial charge in [0.25, 0.3) is 5.91 Å². The van der Waals surface area contributed by atoms with E-state index in [2.05, 4.69) is 16.0 Å². The van der Waals surface area contributed by atoms with Crippen molar-refractivity contribution in [3.63, 3.8) is 0 Å². The SMILES string of the molecule is COc1ccc(-n2c(C)cc(/C=C(/C#N)C(=O)N3CCC(NC(C)=O)CC3)c2C)cc1. The molecular weight excluding hydrogens is 392 g/mol. The van der Waals surface area contributed by atoms with Gasteiger partial charge in [-0.05, 0) is 68.7 Å². The van der Waals surface area contributed by atoms with Crippen LogP contribution in [0.25, 0.3) is 11.8 Å². The molecule has 0 aliphatic carbocycles. The minimum Gasteiger partial charge on any atom is -0.497 e. The van der Waals surface area contributed by atoms with Crippen LogP contribution in [0.1, 0.15) is 36.7 Å². The van der Waals surface area contributed by atoms with E-state index in [1.54, 1.807) is 18.1 Å². The number of carbonyl (C=O) groups is 2. The molecule has 0 spiro atoms. The van der Waals surface area contributed by atoms with Crippen LogP contribution in [0.3, 0.4) is 0 Å². The molecule has 0 atom stereocenters. The van der Waals surface area contributed by atoms with Crippen molar-refractivity contribution in [3.8, 4) is 17.5 Å². The van der Waals surface area contributed by atoms with Gasteiger partial charge in [0.15, 0.2) is 0 Å². The van der Waals surface area contributed by atoms with E-state index < -0.39 is 0 Å². The van der Waals surface area contributed by atoms with Gasteiger partial charge in [0.1, 0.15) is 17.4 Å². The van der Waals surface area contributed by atoms with Crippen molar-refractivity contribution in [2.45, 2.75) is 39.7 Å². The van der Waals surface area contributed by atoms with E-state index in [-0.39, 0.29) is 23.4 Å². The first-order valence-corrected chi connectivity index (χ1v) is 10.4. The van der Waals surface area contributed by atoms with E-state index in [4.69, 9.17) is 4.74 Å². The number of hydrogen-bond acceptors (Lipinski definition) is 4. The highest BCUT2D eigenvalue weighted by Crippen LogP contribution is 2.25. The summed E-state index contributed by atoms with van der Waals surface area (Å²) in [6.07, 6.45) is 3.05. The maximum Gasteiger partial charge on any atom is 0.264 e. The molecule has 2 aromatic rings. The van der Waals surface area contributed by atoms with Gasteiger partial charge in [-0.15, -0.1) is 0 Å². The second kappa shape index (κ2) is 9.52. The second-order valence-corrected chi connectivity index (χ2v) is 7.80. The summed E-state index contributed by atoms with van der Waals surface area (Å²) in [7, 11) is 1.63. The highest BCUT2D eigenvalue weighted by molar-refractivity contribution is 6.02. The molecule has 0 saturated carbocycles. The number of methoxy groups -OCH3 is 1. The van der Waals surface area contributed by atoms with Crippen molar-refractivity contribution >= 4 is 17.9 Å². The molecule has 31 heavy (non-hydrogen) atoms. The molecule has 1 aromatic heterocycles. The van der Waals surface area contributed by atoms with Crippen LogP contribution in [-0.2, 0) is 9.59 Å². The number of benzene rings is 1. The number of piperidine rings is 1. The Kier molecular flexibility index (Phi) is 6.81. The number of carbonyl (C=O) groups excluding carboxylic acids is 2. The van der Waals surface area contributed by atoms with Gasteiger partial charge in [0.2, 0.25) is 5.91 Å². The summed E-state index contributed by atoms with van der Waals surface area (Å²) in [6.45, 7) is 6.51. The van der Waals surface area contributed by atoms with E-state index in [1.165, 1.54) is 6.92 Å². The smallest absolute Gasteiger partial charge is 0.264 e. The van der Waals surface area contributed by atoms with Crippen molar-refractivity contribution in [1.82, 2.24) is 14.8 Å². The van der Waals surface area contributed by atoms with Crippen LogP contribution in [0.2, 0.25) is 0 Å². The van der Waals surface area contributed by atoms with Gasteiger partial charge in [-0.3, -0.25) is 9.59 Å². The third-order valence-corrected chi connectivity index (χ3v) is 5.64. The summed E-state index contributed by atoms with van der Waals surface area (Å²) in [5.41, 5.74) is 3.90. The Bertz CT molecular complexity index is 1040. The molecule has 0 bridgehead atoms. The Morgan fingerprint density at radius 1 is 1.19 bits per heavy atom. The van der Waals surface area contributed by atoms with E-state index in [9.17, 15) is 14.9 Å². The normalized spacial score (nSPS) is 14.8. The predicted molar refractivity (Wildman–Crippen MR) is 119 cm³/mol. The average molecular weight is 421 g/mol. The molecule has 1 saturated heterocycles. The molecule has 1 aliphatic rings. The first-order chi connectivity index (χ1) is 14.8. The fourth-order valence-electron chi connectivity index (χ4n) is 4.04. The van der Waals surface area contributed by atoms with Crippen LogP contribution in [-0.4, -0.2) is 47.5 Å². The Labute approximate surface area is 182 Å². The van der Waals surface area contributed by atoms with Crippen molar-refractivity contribution in [1.29, 1.82) is 5.26 Å². The number of hydrogen-bond donors (Lipinski definition) is 1. The topological polar surface area (TPSA) is 87.4 Å². The lowest BCUT2D eigenvalue weighted by Crippen LogP contribution is -2.46. The summed E-state index contributed by atoms with van der Waals surface area (Å²) in [4.78, 5) is 25.9. The first kappa shape index (κ1) is 22.2. The Morgan fingerprint density at radius 3 is 2.39 bits per heavy atom. The van der Waals surface area contributed by atoms with Gasteiger partial charge in [-0.2, -0.15) is 5.26 Å². The van der Waals surface area contributed by atoms with E-state index in [1.807, 2.05) is 44.2 Å². The molecule has 2 amide bonds. The molecule has 0 radical (unpaired) electrons. The highest BCUT2D eigenvalue weighted by atomic mass is 16.5. The highest BCUT2D eigenvalue weighted by Gasteiger charge is 2.25. The number of aryl methyl sites for hydroxylation is 1. The van der Waals surface area contributed by atoms with Crippen LogP contribution in [0.5, 0.6) is 5.75 Å². The van der Waals surface area contributed by atoms with Crippen LogP contribution >= 0.6 is 0 Å². The van der Waals surface area contributed by atoms with E-state index in [0.717, 1.165) is 28.4 Å². The number of nitrogens with one attached hydrogen (secondary N) is 1. The zero-order chi connectivity index (χ0) is 22.5. The van der Waals surface area contributed by atoms with Crippen molar-refractivity contribution in [3.05, 3.63) is 52.9 Å². The minimum absolute atomic E-state index is 0.0606. The van der Waals surface area contributed by atoms with Gasteiger partial charge in [0, 0.05) is 43.1 Å². The number of aromatic nitrogens is 1. The number of likely N-dealkylation sites (tertiary alicyclic amines) is 1. The maximum atomic E-state index is 12.9. The predicted octanol–water partition coefficient (Wildman–Crippen LogP) is 3.14. The second-order valence-electron chi connectivity index (χ2n) is 7.80. The molecule has 1 N–H and O–H groups in total. The zero-order valence-corrected chi connectivity index (χ0v) is 18.4. The summed E-state index contributed by atoms with van der Waals surface area (Å²) in [5, 5.41) is 12.6. The third kappa shape index (κ3) is 4.97. The summed E-state index contributed by atoms with van der Waals surface area (Å²) < 4.78 is 7.32. The standard InChI is InChI=1S/C24H28N4O3/c1-16-13-19(17(2)28(16)22-5-7-23(31-4)8-6-22)14-20(15-25)24(30)27-11-9-21(10-12-27)26-18(3)29/h5-8,13-14,21H,9-12H2,1-4H3,(H,26,29)/b20-14-. The Hall–Kier alpha value is -3.53. The van der Waals surface area contributed by atoms with Crippen LogP contribution < -0.4 is 10.1 Å². The zero-order valence-electron chi connectivity index (χ0n) is 18.4. The van der Waals surface area contributed by atoms with Crippen LogP contribution in [0, 0.1) is 25.2 Å². The van der Waals surface area contributed by atoms with Gasteiger partial charge in [0.05, 0.1) is 7.11 Å². The number of nitriles is 1. The molecule has 1 fully saturated rings. The number of nitrogens with zero attached hydrogens (tertiary/aromatic N) is 3. The largest absolute Gasteiger partial charge is 0.497 e. The Balaban J connectivity index is 1.80. The monoisotopic (exact) mass is 420 g/mol. The number of rotatable bonds is 5. The van der Waals surface area contributed by atoms with Crippen molar-refractivity contribution in [2.75, 3.05) is 20.2 Å². The van der Waals surface area contributed by atoms with Crippen LogP contribution in [0.15, 0.2) is 35.9 Å². The fraction of sp³-hybridized carbons (Fsp3) is 0.375. The quantitative estimate of drug-likeness (QED) is 0.595. The number of amides is 2. The maximum absolute atomic E-state index is 12.9. The summed E-state index contributed by atoms with van der Waals surface area (Å²) in [5.74, 6) is 0.457. The van der Waals surface area contributed by atoms with Gasteiger partial charge in [-0.25, -0.2) is 0 Å². The lowest BCUT2D eigenvalue weighted by molar-refractivity contribution is -0.127. The number of ether oxygens (including phenoxy) is 1. The Morgan fingerprint density at radius 2 is 1.84 bits per heavy atom. The lowest BCUT2D eigenvalue weighted by Gasteiger charge is -2.32. The lowest BCUT2D eigenvalue weighted by atomic mass is 10.0. The molecule has 0 unspecified atom stereocenters. The van der Waals surface area contributed by atoms with E-state index >= 15 is 0 Å².